The Labute approximate surface area is 157 Å². The number of nitrogen functional groups attached to an aromatic ring is 1. The van der Waals surface area contributed by atoms with Gasteiger partial charge in [-0.2, -0.15) is 0 Å². The van der Waals surface area contributed by atoms with Crippen molar-refractivity contribution in [2.45, 2.75) is 53.0 Å². The van der Waals surface area contributed by atoms with Gasteiger partial charge >= 0.3 is 5.69 Å². The van der Waals surface area contributed by atoms with Crippen LogP contribution in [0.25, 0.3) is 0 Å². The van der Waals surface area contributed by atoms with E-state index in [0.717, 1.165) is 19.3 Å². The maximum Gasteiger partial charge on any atom is 0.330 e. The van der Waals surface area contributed by atoms with Crippen LogP contribution in [0.5, 0.6) is 0 Å². The van der Waals surface area contributed by atoms with Gasteiger partial charge in [0.1, 0.15) is 11.5 Å². The third kappa shape index (κ3) is 4.60. The van der Waals surface area contributed by atoms with Crippen LogP contribution in [0, 0.1) is 6.92 Å². The standard InChI is InChI=1S/C18H26N6O3/c1-4-6-8-23(17(26)13-11-20-12(3)10-21-13)14-15(19)24(9-7-5-2)18(27)22-16(14)25/h10-11H,4-9,19H2,1-3H3,(H,22,25,27). The molecule has 0 bridgehead atoms. The molecule has 0 fully saturated rings. The van der Waals surface area contributed by atoms with Gasteiger partial charge < -0.3 is 5.73 Å². The first-order chi connectivity index (χ1) is 12.9. The van der Waals surface area contributed by atoms with E-state index in [0.29, 0.717) is 18.7 Å². The first kappa shape index (κ1) is 20.3. The number of hydrogen-bond acceptors (Lipinski definition) is 6. The van der Waals surface area contributed by atoms with E-state index in [-0.39, 0.29) is 23.7 Å². The van der Waals surface area contributed by atoms with Crippen LogP contribution in [0.3, 0.4) is 0 Å². The molecule has 0 aliphatic carbocycles. The van der Waals surface area contributed by atoms with Crippen molar-refractivity contribution in [3.05, 3.63) is 44.6 Å². The molecule has 0 aliphatic heterocycles. The zero-order valence-corrected chi connectivity index (χ0v) is 16.0. The molecule has 9 nitrogen and oxygen atoms in total. The molecule has 0 saturated heterocycles. The molecule has 0 radical (unpaired) electrons. The van der Waals surface area contributed by atoms with Gasteiger partial charge in [-0.3, -0.25) is 29.0 Å². The number of aryl methyl sites for hydroxylation is 1. The molecular weight excluding hydrogens is 348 g/mol. The van der Waals surface area contributed by atoms with Crippen LogP contribution >= 0.6 is 0 Å². The van der Waals surface area contributed by atoms with Crippen LogP contribution in [0.2, 0.25) is 0 Å². The summed E-state index contributed by atoms with van der Waals surface area (Å²) in [6.45, 7) is 6.38. The lowest BCUT2D eigenvalue weighted by Gasteiger charge is -2.24. The number of carbonyl (C=O) groups excluding carboxylic acids is 1. The van der Waals surface area contributed by atoms with Gasteiger partial charge in [0.25, 0.3) is 11.5 Å². The minimum atomic E-state index is -0.685. The SMILES string of the molecule is CCCCN(C(=O)c1cnc(C)cn1)c1c(N)n(CCCC)c(=O)[nH]c1=O. The number of nitrogens with one attached hydrogen (secondary N) is 1. The fourth-order valence-corrected chi connectivity index (χ4v) is 2.65. The summed E-state index contributed by atoms with van der Waals surface area (Å²) in [7, 11) is 0. The normalized spacial score (nSPS) is 10.8. The van der Waals surface area contributed by atoms with Crippen molar-refractivity contribution in [2.75, 3.05) is 17.2 Å². The first-order valence-corrected chi connectivity index (χ1v) is 9.13. The summed E-state index contributed by atoms with van der Waals surface area (Å²) in [5.74, 6) is -0.490. The average molecular weight is 374 g/mol. The molecule has 9 heteroatoms. The van der Waals surface area contributed by atoms with Gasteiger partial charge in [-0.05, 0) is 19.8 Å². The maximum absolute atomic E-state index is 13.0. The molecule has 2 rings (SSSR count). The Hall–Kier alpha value is -2.97. The van der Waals surface area contributed by atoms with E-state index < -0.39 is 17.2 Å². The fraction of sp³-hybridized carbons (Fsp3) is 0.500. The number of rotatable bonds is 8. The van der Waals surface area contributed by atoms with Crippen LogP contribution in [-0.4, -0.2) is 32.0 Å². The Morgan fingerprint density at radius 3 is 2.48 bits per heavy atom. The zero-order valence-electron chi connectivity index (χ0n) is 16.0. The summed E-state index contributed by atoms with van der Waals surface area (Å²) in [6, 6.07) is 0. The highest BCUT2D eigenvalue weighted by atomic mass is 16.2. The van der Waals surface area contributed by atoms with E-state index in [9.17, 15) is 14.4 Å². The van der Waals surface area contributed by atoms with E-state index in [1.165, 1.54) is 21.9 Å². The third-order valence-electron chi connectivity index (χ3n) is 4.20. The third-order valence-corrected chi connectivity index (χ3v) is 4.20. The van der Waals surface area contributed by atoms with Crippen molar-refractivity contribution in [1.82, 2.24) is 19.5 Å². The van der Waals surface area contributed by atoms with Gasteiger partial charge in [-0.1, -0.05) is 26.7 Å². The van der Waals surface area contributed by atoms with E-state index in [4.69, 9.17) is 5.73 Å². The molecule has 0 aliphatic rings. The van der Waals surface area contributed by atoms with Gasteiger partial charge in [-0.25, -0.2) is 9.78 Å². The number of unbranched alkanes of at least 4 members (excludes halogenated alkanes) is 2. The van der Waals surface area contributed by atoms with Crippen LogP contribution in [0.4, 0.5) is 11.5 Å². The molecule has 2 aromatic rings. The van der Waals surface area contributed by atoms with E-state index in [1.807, 2.05) is 13.8 Å². The van der Waals surface area contributed by atoms with Gasteiger partial charge in [0.2, 0.25) is 0 Å². The Morgan fingerprint density at radius 1 is 1.19 bits per heavy atom. The molecule has 2 heterocycles. The molecule has 0 saturated carbocycles. The predicted molar refractivity (Wildman–Crippen MR) is 104 cm³/mol. The Morgan fingerprint density at radius 2 is 1.89 bits per heavy atom. The Balaban J connectivity index is 2.55. The molecule has 0 aromatic carbocycles. The van der Waals surface area contributed by atoms with E-state index >= 15 is 0 Å². The predicted octanol–water partition coefficient (Wildman–Crippen LogP) is 1.46. The molecule has 2 aromatic heterocycles. The second kappa shape index (κ2) is 9.11. The molecule has 0 spiro atoms. The lowest BCUT2D eigenvalue weighted by Crippen LogP contribution is -2.42. The average Bonchev–Trinajstić information content (AvgIpc) is 2.64. The van der Waals surface area contributed by atoms with Crippen LogP contribution in [0.1, 0.15) is 55.7 Å². The van der Waals surface area contributed by atoms with Crippen molar-refractivity contribution in [3.63, 3.8) is 0 Å². The van der Waals surface area contributed by atoms with Crippen molar-refractivity contribution in [1.29, 1.82) is 0 Å². The van der Waals surface area contributed by atoms with E-state index in [2.05, 4.69) is 15.0 Å². The summed E-state index contributed by atoms with van der Waals surface area (Å²) in [6.07, 6.45) is 5.92. The van der Waals surface area contributed by atoms with Crippen LogP contribution in [-0.2, 0) is 6.54 Å². The van der Waals surface area contributed by atoms with Crippen LogP contribution in [0.15, 0.2) is 22.0 Å². The highest BCUT2D eigenvalue weighted by molar-refractivity contribution is 6.05. The van der Waals surface area contributed by atoms with Crippen molar-refractivity contribution in [3.8, 4) is 0 Å². The minimum Gasteiger partial charge on any atom is -0.383 e. The molecule has 3 N–H and O–H groups in total. The smallest absolute Gasteiger partial charge is 0.330 e. The van der Waals surface area contributed by atoms with E-state index in [1.54, 1.807) is 6.92 Å². The molecule has 0 unspecified atom stereocenters. The Bertz CT molecular complexity index is 901. The molecule has 146 valence electrons. The monoisotopic (exact) mass is 374 g/mol. The summed E-state index contributed by atoms with van der Waals surface area (Å²) in [5, 5.41) is 0. The number of amides is 1. The number of aromatic amines is 1. The summed E-state index contributed by atoms with van der Waals surface area (Å²) in [4.78, 5) is 49.4. The lowest BCUT2D eigenvalue weighted by atomic mass is 10.2. The van der Waals surface area contributed by atoms with Gasteiger partial charge in [0, 0.05) is 19.3 Å². The highest BCUT2D eigenvalue weighted by Gasteiger charge is 2.25. The number of anilines is 2. The molecular formula is C18H26N6O3. The molecule has 0 atom stereocenters. The highest BCUT2D eigenvalue weighted by Crippen LogP contribution is 2.20. The number of H-pyrrole nitrogens is 1. The summed E-state index contributed by atoms with van der Waals surface area (Å²) in [5.41, 5.74) is 5.66. The number of nitrogens with zero attached hydrogens (tertiary/aromatic N) is 4. The topological polar surface area (TPSA) is 127 Å². The molecule has 27 heavy (non-hydrogen) atoms. The summed E-state index contributed by atoms with van der Waals surface area (Å²) >= 11 is 0. The quantitative estimate of drug-likeness (QED) is 0.720. The largest absolute Gasteiger partial charge is 0.383 e. The first-order valence-electron chi connectivity index (χ1n) is 9.13. The fourth-order valence-electron chi connectivity index (χ4n) is 2.65. The van der Waals surface area contributed by atoms with Crippen molar-refractivity contribution in [2.24, 2.45) is 0 Å². The van der Waals surface area contributed by atoms with Crippen LogP contribution < -0.4 is 21.9 Å². The number of nitrogens with two attached hydrogens (primary N) is 1. The second-order valence-electron chi connectivity index (χ2n) is 6.35. The van der Waals surface area contributed by atoms with Gasteiger partial charge in [0.15, 0.2) is 5.69 Å². The Kier molecular flexibility index (Phi) is 6.86. The van der Waals surface area contributed by atoms with Crippen molar-refractivity contribution >= 4 is 17.4 Å². The maximum atomic E-state index is 13.0. The molecule has 1 amide bonds. The number of hydrogen-bond donors (Lipinski definition) is 2. The van der Waals surface area contributed by atoms with Crippen molar-refractivity contribution < 1.29 is 4.79 Å². The number of carbonyl (C=O) groups is 1. The van der Waals surface area contributed by atoms with Gasteiger partial charge in [-0.15, -0.1) is 0 Å². The lowest BCUT2D eigenvalue weighted by molar-refractivity contribution is 0.0981. The minimum absolute atomic E-state index is 0.0123. The van der Waals surface area contributed by atoms with Gasteiger partial charge in [0.05, 0.1) is 11.9 Å². The second-order valence-corrected chi connectivity index (χ2v) is 6.35. The summed E-state index contributed by atoms with van der Waals surface area (Å²) < 4.78 is 1.30. The zero-order chi connectivity index (χ0) is 20.0. The number of aromatic nitrogens is 4.